The number of hydrogen-bond acceptors (Lipinski definition) is 4. The number of carbonyl (C=O) groups is 1. The van der Waals surface area contributed by atoms with Crippen LogP contribution in [0.15, 0.2) is 0 Å². The Morgan fingerprint density at radius 1 is 1.77 bits per heavy atom. The van der Waals surface area contributed by atoms with Crippen LogP contribution in [0.2, 0.25) is 0 Å². The molecule has 5 heteroatoms. The third-order valence-electron chi connectivity index (χ3n) is 1.94. The van der Waals surface area contributed by atoms with Gasteiger partial charge in [-0.05, 0) is 6.42 Å². The first-order valence-electron chi connectivity index (χ1n) is 4.32. The van der Waals surface area contributed by atoms with Gasteiger partial charge in [0.05, 0.1) is 19.3 Å². The highest BCUT2D eigenvalue weighted by atomic mass is 16.6. The van der Waals surface area contributed by atoms with Crippen molar-refractivity contribution in [1.82, 2.24) is 4.90 Å². The van der Waals surface area contributed by atoms with Gasteiger partial charge in [0.15, 0.2) is 0 Å². The van der Waals surface area contributed by atoms with E-state index < -0.39 is 6.10 Å². The summed E-state index contributed by atoms with van der Waals surface area (Å²) in [5.41, 5.74) is 0. The summed E-state index contributed by atoms with van der Waals surface area (Å²) >= 11 is 0. The van der Waals surface area contributed by atoms with Gasteiger partial charge in [-0.25, -0.2) is 4.79 Å². The topological polar surface area (TPSA) is 59.0 Å². The van der Waals surface area contributed by atoms with E-state index in [4.69, 9.17) is 9.47 Å². The molecule has 1 rings (SSSR count). The van der Waals surface area contributed by atoms with Gasteiger partial charge >= 0.3 is 6.09 Å². The molecule has 1 atom stereocenters. The molecule has 0 aliphatic carbocycles. The van der Waals surface area contributed by atoms with Crippen LogP contribution in [-0.2, 0) is 9.47 Å². The van der Waals surface area contributed by atoms with Crippen LogP contribution in [0.25, 0.3) is 0 Å². The summed E-state index contributed by atoms with van der Waals surface area (Å²) in [5.74, 6) is 0. The summed E-state index contributed by atoms with van der Waals surface area (Å²) in [6, 6.07) is 0. The zero-order chi connectivity index (χ0) is 9.68. The Morgan fingerprint density at radius 2 is 2.54 bits per heavy atom. The number of nitrogens with zero attached hydrogens (tertiary/aromatic N) is 1. The molecule has 0 aromatic carbocycles. The van der Waals surface area contributed by atoms with Crippen LogP contribution in [0.1, 0.15) is 6.42 Å². The van der Waals surface area contributed by atoms with E-state index in [9.17, 15) is 9.90 Å². The first-order valence-corrected chi connectivity index (χ1v) is 4.32. The maximum Gasteiger partial charge on any atom is 0.409 e. The van der Waals surface area contributed by atoms with E-state index in [1.165, 1.54) is 7.11 Å². The summed E-state index contributed by atoms with van der Waals surface area (Å²) in [6.45, 7) is 1.92. The van der Waals surface area contributed by atoms with E-state index in [0.717, 1.165) is 0 Å². The number of rotatable bonds is 5. The molecule has 0 saturated carbocycles. The fourth-order valence-electron chi connectivity index (χ4n) is 1.21. The first-order chi connectivity index (χ1) is 6.24. The predicted molar refractivity (Wildman–Crippen MR) is 45.4 cm³/mol. The highest BCUT2D eigenvalue weighted by Gasteiger charge is 2.21. The lowest BCUT2D eigenvalue weighted by Gasteiger charge is -2.14. The number of methoxy groups -OCH3 is 1. The minimum absolute atomic E-state index is 0.287. The second-order valence-corrected chi connectivity index (χ2v) is 3.00. The maximum absolute atomic E-state index is 10.9. The Balaban J connectivity index is 2.14. The summed E-state index contributed by atoms with van der Waals surface area (Å²) in [6.07, 6.45) is -0.258. The van der Waals surface area contributed by atoms with Crippen LogP contribution in [0.3, 0.4) is 0 Å². The lowest BCUT2D eigenvalue weighted by Crippen LogP contribution is -2.29. The third kappa shape index (κ3) is 3.20. The Hall–Kier alpha value is -0.810. The normalized spacial score (nSPS) is 18.9. The molecule has 0 radical (unpaired) electrons. The Bertz CT molecular complexity index is 174. The van der Waals surface area contributed by atoms with E-state index in [2.05, 4.69) is 0 Å². The molecular weight excluding hydrogens is 174 g/mol. The number of hydrogen-bond donors (Lipinski definition) is 1. The number of carbonyl (C=O) groups excluding carboxylic acids is 1. The first kappa shape index (κ1) is 10.3. The lowest BCUT2D eigenvalue weighted by atomic mass is 10.2. The minimum Gasteiger partial charge on any atom is -0.448 e. The van der Waals surface area contributed by atoms with Crippen molar-refractivity contribution in [2.24, 2.45) is 0 Å². The molecular formula is C8H15NO4. The fourth-order valence-corrected chi connectivity index (χ4v) is 1.21. The molecule has 0 aromatic heterocycles. The molecule has 1 heterocycles. The van der Waals surface area contributed by atoms with Crippen LogP contribution in [0.4, 0.5) is 4.79 Å². The smallest absolute Gasteiger partial charge is 0.409 e. The standard InChI is InChI=1S/C8H15NO4/c1-12-6-7(10)2-3-9-4-5-13-8(9)11/h7,10H,2-6H2,1H3. The number of aliphatic hydroxyl groups is 1. The quantitative estimate of drug-likeness (QED) is 0.652. The van der Waals surface area contributed by atoms with Gasteiger partial charge in [0.2, 0.25) is 0 Å². The number of amides is 1. The molecule has 0 aromatic rings. The van der Waals surface area contributed by atoms with Crippen molar-refractivity contribution < 1.29 is 19.4 Å². The van der Waals surface area contributed by atoms with Crippen molar-refractivity contribution in [3.63, 3.8) is 0 Å². The highest BCUT2D eigenvalue weighted by molar-refractivity contribution is 5.69. The van der Waals surface area contributed by atoms with Gasteiger partial charge < -0.3 is 19.5 Å². The second kappa shape index (κ2) is 5.04. The largest absolute Gasteiger partial charge is 0.448 e. The highest BCUT2D eigenvalue weighted by Crippen LogP contribution is 2.05. The average Bonchev–Trinajstić information content (AvgIpc) is 2.48. The molecule has 76 valence electrons. The van der Waals surface area contributed by atoms with E-state index in [1.807, 2.05) is 0 Å². The van der Waals surface area contributed by atoms with Crippen molar-refractivity contribution >= 4 is 6.09 Å². The van der Waals surface area contributed by atoms with Gasteiger partial charge in [-0.3, -0.25) is 0 Å². The van der Waals surface area contributed by atoms with E-state index in [1.54, 1.807) is 4.90 Å². The van der Waals surface area contributed by atoms with Crippen LogP contribution >= 0.6 is 0 Å². The van der Waals surface area contributed by atoms with Gasteiger partial charge in [-0.2, -0.15) is 0 Å². The molecule has 1 fully saturated rings. The molecule has 1 aliphatic heterocycles. The zero-order valence-corrected chi connectivity index (χ0v) is 7.73. The predicted octanol–water partition coefficient (Wildman–Crippen LogP) is -0.164. The summed E-state index contributed by atoms with van der Waals surface area (Å²) in [7, 11) is 1.54. The lowest BCUT2D eigenvalue weighted by molar-refractivity contribution is 0.0544. The van der Waals surface area contributed by atoms with Crippen LogP contribution in [-0.4, -0.2) is 55.6 Å². The van der Waals surface area contributed by atoms with Crippen LogP contribution < -0.4 is 0 Å². The van der Waals surface area contributed by atoms with Gasteiger partial charge in [-0.1, -0.05) is 0 Å². The molecule has 0 bridgehead atoms. The molecule has 1 amide bonds. The van der Waals surface area contributed by atoms with Gasteiger partial charge in [0, 0.05) is 13.7 Å². The zero-order valence-electron chi connectivity index (χ0n) is 7.73. The van der Waals surface area contributed by atoms with Crippen LogP contribution in [0, 0.1) is 0 Å². The van der Waals surface area contributed by atoms with E-state index in [-0.39, 0.29) is 6.09 Å². The fraction of sp³-hybridized carbons (Fsp3) is 0.875. The van der Waals surface area contributed by atoms with Gasteiger partial charge in [0.1, 0.15) is 6.61 Å². The summed E-state index contributed by atoms with van der Waals surface area (Å²) in [5, 5.41) is 9.29. The van der Waals surface area contributed by atoms with Crippen molar-refractivity contribution in [2.75, 3.05) is 33.4 Å². The molecule has 1 N–H and O–H groups in total. The molecule has 1 unspecified atom stereocenters. The van der Waals surface area contributed by atoms with Gasteiger partial charge in [0.25, 0.3) is 0 Å². The Labute approximate surface area is 77.2 Å². The average molecular weight is 189 g/mol. The Kier molecular flexibility index (Phi) is 3.98. The second-order valence-electron chi connectivity index (χ2n) is 3.00. The molecule has 1 saturated heterocycles. The number of cyclic esters (lactones) is 1. The monoisotopic (exact) mass is 189 g/mol. The van der Waals surface area contributed by atoms with E-state index in [0.29, 0.717) is 32.7 Å². The van der Waals surface area contributed by atoms with Crippen molar-refractivity contribution in [2.45, 2.75) is 12.5 Å². The SMILES string of the molecule is COCC(O)CCN1CCOC1=O. The van der Waals surface area contributed by atoms with Crippen LogP contribution in [0.5, 0.6) is 0 Å². The third-order valence-corrected chi connectivity index (χ3v) is 1.94. The maximum atomic E-state index is 10.9. The number of aliphatic hydroxyl groups excluding tert-OH is 1. The molecule has 13 heavy (non-hydrogen) atoms. The number of ether oxygens (including phenoxy) is 2. The summed E-state index contributed by atoms with van der Waals surface area (Å²) in [4.78, 5) is 12.5. The Morgan fingerprint density at radius 3 is 3.08 bits per heavy atom. The molecule has 0 spiro atoms. The molecule has 5 nitrogen and oxygen atoms in total. The minimum atomic E-state index is -0.501. The van der Waals surface area contributed by atoms with Gasteiger partial charge in [-0.15, -0.1) is 0 Å². The molecule has 1 aliphatic rings. The van der Waals surface area contributed by atoms with Crippen molar-refractivity contribution in [1.29, 1.82) is 0 Å². The summed E-state index contributed by atoms with van der Waals surface area (Å²) < 4.78 is 9.49. The van der Waals surface area contributed by atoms with E-state index >= 15 is 0 Å². The van der Waals surface area contributed by atoms with Crippen molar-refractivity contribution in [3.8, 4) is 0 Å². The van der Waals surface area contributed by atoms with Crippen molar-refractivity contribution in [3.05, 3.63) is 0 Å².